The third-order valence-corrected chi connectivity index (χ3v) is 5.42. The SMILES string of the molecule is Cl.NC1(c2noc(-c3csc(-c4cccc(C(F)(F)F)c4)n3)n2)CCCC1. The number of benzene rings is 1. The fourth-order valence-corrected chi connectivity index (χ4v) is 3.88. The van der Waals surface area contributed by atoms with E-state index in [1.807, 2.05) is 0 Å². The molecule has 1 fully saturated rings. The molecule has 5 nitrogen and oxygen atoms in total. The van der Waals surface area contributed by atoms with Crippen molar-refractivity contribution in [3.05, 3.63) is 41.0 Å². The van der Waals surface area contributed by atoms with E-state index in [0.717, 1.165) is 37.8 Å². The van der Waals surface area contributed by atoms with Gasteiger partial charge in [-0.05, 0) is 25.0 Å². The first-order chi connectivity index (χ1) is 12.4. The van der Waals surface area contributed by atoms with Crippen LogP contribution in [0.1, 0.15) is 37.1 Å². The molecule has 0 aliphatic heterocycles. The van der Waals surface area contributed by atoms with Crippen LogP contribution in [0.5, 0.6) is 0 Å². The van der Waals surface area contributed by atoms with Crippen LogP contribution in [0.3, 0.4) is 0 Å². The maximum Gasteiger partial charge on any atom is 0.416 e. The van der Waals surface area contributed by atoms with E-state index in [1.165, 1.54) is 17.4 Å². The van der Waals surface area contributed by atoms with Crippen LogP contribution < -0.4 is 5.73 Å². The van der Waals surface area contributed by atoms with Gasteiger partial charge in [0.15, 0.2) is 5.82 Å². The van der Waals surface area contributed by atoms with Crippen molar-refractivity contribution in [2.45, 2.75) is 37.4 Å². The summed E-state index contributed by atoms with van der Waals surface area (Å²) in [5, 5.41) is 6.12. The highest BCUT2D eigenvalue weighted by molar-refractivity contribution is 7.13. The van der Waals surface area contributed by atoms with Gasteiger partial charge in [0.25, 0.3) is 5.89 Å². The van der Waals surface area contributed by atoms with Crippen molar-refractivity contribution < 1.29 is 17.7 Å². The standard InChI is InChI=1S/C17H15F3N4OS.ClH/c18-17(19,20)11-5-3-4-10(8-11)14-22-12(9-26-14)13-23-15(24-25-13)16(21)6-1-2-7-16;/h3-5,8-9H,1-2,6-7,21H2;1H. The molecule has 144 valence electrons. The van der Waals surface area contributed by atoms with E-state index in [4.69, 9.17) is 10.3 Å². The van der Waals surface area contributed by atoms with Gasteiger partial charge >= 0.3 is 6.18 Å². The van der Waals surface area contributed by atoms with Gasteiger partial charge < -0.3 is 10.3 Å². The van der Waals surface area contributed by atoms with Crippen LogP contribution in [0.4, 0.5) is 13.2 Å². The predicted molar refractivity (Wildman–Crippen MR) is 97.4 cm³/mol. The molecule has 1 aromatic carbocycles. The van der Waals surface area contributed by atoms with E-state index in [-0.39, 0.29) is 18.3 Å². The molecule has 0 spiro atoms. The molecule has 2 N–H and O–H groups in total. The number of nitrogens with zero attached hydrogens (tertiary/aromatic N) is 3. The molecule has 1 aliphatic carbocycles. The minimum Gasteiger partial charge on any atom is -0.332 e. The zero-order valence-electron chi connectivity index (χ0n) is 14.0. The van der Waals surface area contributed by atoms with Crippen molar-refractivity contribution in [2.75, 3.05) is 0 Å². The maximum absolute atomic E-state index is 12.9. The summed E-state index contributed by atoms with van der Waals surface area (Å²) >= 11 is 1.22. The van der Waals surface area contributed by atoms with E-state index < -0.39 is 17.3 Å². The minimum absolute atomic E-state index is 0. The molecule has 0 bridgehead atoms. The van der Waals surface area contributed by atoms with Crippen molar-refractivity contribution >= 4 is 23.7 Å². The molecule has 0 saturated heterocycles. The lowest BCUT2D eigenvalue weighted by molar-refractivity contribution is -0.137. The summed E-state index contributed by atoms with van der Waals surface area (Å²) in [5.74, 6) is 0.685. The Morgan fingerprint density at radius 1 is 1.15 bits per heavy atom. The van der Waals surface area contributed by atoms with Crippen LogP contribution in [-0.4, -0.2) is 15.1 Å². The average Bonchev–Trinajstić information content (AvgIpc) is 3.34. The molecule has 2 aromatic heterocycles. The Kier molecular flexibility index (Phi) is 5.29. The lowest BCUT2D eigenvalue weighted by Gasteiger charge is -2.17. The third kappa shape index (κ3) is 3.85. The van der Waals surface area contributed by atoms with E-state index in [0.29, 0.717) is 22.1 Å². The van der Waals surface area contributed by atoms with Gasteiger partial charge in [0.2, 0.25) is 0 Å². The molecule has 0 amide bonds. The Bertz CT molecular complexity index is 934. The second-order valence-electron chi connectivity index (χ2n) is 6.40. The van der Waals surface area contributed by atoms with Gasteiger partial charge in [0.1, 0.15) is 10.7 Å². The first-order valence-corrected chi connectivity index (χ1v) is 9.00. The first-order valence-electron chi connectivity index (χ1n) is 8.12. The Balaban J connectivity index is 0.00000210. The number of aromatic nitrogens is 3. The fraction of sp³-hybridized carbons (Fsp3) is 0.353. The van der Waals surface area contributed by atoms with Gasteiger partial charge in [-0.1, -0.05) is 30.1 Å². The monoisotopic (exact) mass is 416 g/mol. The normalized spacial score (nSPS) is 16.3. The van der Waals surface area contributed by atoms with Gasteiger partial charge in [-0.15, -0.1) is 23.7 Å². The molecule has 0 unspecified atom stereocenters. The molecular weight excluding hydrogens is 401 g/mol. The van der Waals surface area contributed by atoms with Crippen molar-refractivity contribution in [3.8, 4) is 22.2 Å². The first kappa shape index (κ1) is 19.8. The second kappa shape index (κ2) is 7.21. The van der Waals surface area contributed by atoms with Crippen LogP contribution in [0.15, 0.2) is 34.2 Å². The Hall–Kier alpha value is -1.97. The Labute approximate surface area is 163 Å². The number of hydrogen-bond donors (Lipinski definition) is 1. The predicted octanol–water partition coefficient (Wildman–Crippen LogP) is 5.03. The average molecular weight is 417 g/mol. The quantitative estimate of drug-likeness (QED) is 0.648. The molecule has 27 heavy (non-hydrogen) atoms. The van der Waals surface area contributed by atoms with E-state index >= 15 is 0 Å². The Morgan fingerprint density at radius 3 is 2.59 bits per heavy atom. The smallest absolute Gasteiger partial charge is 0.332 e. The van der Waals surface area contributed by atoms with Crippen molar-refractivity contribution in [1.82, 2.24) is 15.1 Å². The van der Waals surface area contributed by atoms with Gasteiger partial charge in [-0.2, -0.15) is 18.2 Å². The van der Waals surface area contributed by atoms with Gasteiger partial charge in [0, 0.05) is 10.9 Å². The number of hydrogen-bond acceptors (Lipinski definition) is 6. The third-order valence-electron chi connectivity index (χ3n) is 4.53. The number of alkyl halides is 3. The molecule has 0 radical (unpaired) electrons. The summed E-state index contributed by atoms with van der Waals surface area (Å²) in [4.78, 5) is 8.71. The van der Waals surface area contributed by atoms with E-state index in [1.54, 1.807) is 11.4 Å². The number of thiazole rings is 1. The summed E-state index contributed by atoms with van der Waals surface area (Å²) in [6, 6.07) is 5.06. The van der Waals surface area contributed by atoms with Crippen molar-refractivity contribution in [2.24, 2.45) is 5.73 Å². The van der Waals surface area contributed by atoms with Crippen LogP contribution in [0.2, 0.25) is 0 Å². The fourth-order valence-electron chi connectivity index (χ4n) is 3.09. The molecule has 1 saturated carbocycles. The zero-order chi connectivity index (χ0) is 18.4. The molecule has 4 rings (SSSR count). The lowest BCUT2D eigenvalue weighted by atomic mass is 9.99. The van der Waals surface area contributed by atoms with E-state index in [9.17, 15) is 13.2 Å². The topological polar surface area (TPSA) is 77.8 Å². The maximum atomic E-state index is 12.9. The number of halogens is 4. The molecule has 1 aliphatic rings. The highest BCUT2D eigenvalue weighted by atomic mass is 35.5. The lowest BCUT2D eigenvalue weighted by Crippen LogP contribution is -2.34. The number of rotatable bonds is 3. The molecule has 0 atom stereocenters. The Morgan fingerprint density at radius 2 is 1.89 bits per heavy atom. The molecular formula is C17H16ClF3N4OS. The second-order valence-corrected chi connectivity index (χ2v) is 7.26. The van der Waals surface area contributed by atoms with Crippen LogP contribution in [-0.2, 0) is 11.7 Å². The van der Waals surface area contributed by atoms with E-state index in [2.05, 4.69) is 15.1 Å². The summed E-state index contributed by atoms with van der Waals surface area (Å²) in [7, 11) is 0. The van der Waals surface area contributed by atoms with Crippen molar-refractivity contribution in [1.29, 1.82) is 0 Å². The summed E-state index contributed by atoms with van der Waals surface area (Å²) in [5.41, 5.74) is 5.86. The van der Waals surface area contributed by atoms with Crippen LogP contribution >= 0.6 is 23.7 Å². The largest absolute Gasteiger partial charge is 0.416 e. The van der Waals surface area contributed by atoms with Gasteiger partial charge in [0.05, 0.1) is 11.1 Å². The molecule has 3 aromatic rings. The van der Waals surface area contributed by atoms with Gasteiger partial charge in [-0.25, -0.2) is 4.98 Å². The highest BCUT2D eigenvalue weighted by Crippen LogP contribution is 2.37. The van der Waals surface area contributed by atoms with Crippen molar-refractivity contribution in [3.63, 3.8) is 0 Å². The zero-order valence-corrected chi connectivity index (χ0v) is 15.6. The van der Waals surface area contributed by atoms with Crippen LogP contribution in [0, 0.1) is 0 Å². The minimum atomic E-state index is -4.39. The highest BCUT2D eigenvalue weighted by Gasteiger charge is 2.36. The summed E-state index contributed by atoms with van der Waals surface area (Å²) in [6.45, 7) is 0. The van der Waals surface area contributed by atoms with Crippen LogP contribution in [0.25, 0.3) is 22.2 Å². The molecule has 10 heteroatoms. The summed E-state index contributed by atoms with van der Waals surface area (Å²) in [6.07, 6.45) is -0.737. The van der Waals surface area contributed by atoms with Gasteiger partial charge in [-0.3, -0.25) is 0 Å². The molecule has 2 heterocycles. The summed E-state index contributed by atoms with van der Waals surface area (Å²) < 4.78 is 43.9. The number of nitrogens with two attached hydrogens (primary N) is 1.